The van der Waals surface area contributed by atoms with Gasteiger partial charge in [0, 0.05) is 13.7 Å². The van der Waals surface area contributed by atoms with Crippen LogP contribution in [0.3, 0.4) is 0 Å². The van der Waals surface area contributed by atoms with E-state index in [9.17, 15) is 13.6 Å². The minimum Gasteiger partial charge on any atom is -0.383 e. The molecule has 0 heterocycles. The summed E-state index contributed by atoms with van der Waals surface area (Å²) in [4.78, 5) is 11.5. The third-order valence-electron chi connectivity index (χ3n) is 2.02. The molecule has 0 aliphatic heterocycles. The maximum Gasteiger partial charge on any atom is 0.257 e. The number of rotatable bonds is 5. The lowest BCUT2D eigenvalue weighted by atomic mass is 10.2. The van der Waals surface area contributed by atoms with Crippen molar-refractivity contribution in [2.45, 2.75) is 5.38 Å². The summed E-state index contributed by atoms with van der Waals surface area (Å²) in [5.41, 5.74) is -0.603. The van der Waals surface area contributed by atoms with Gasteiger partial charge in [-0.25, -0.2) is 8.78 Å². The van der Waals surface area contributed by atoms with E-state index in [0.717, 1.165) is 12.1 Å². The lowest BCUT2D eigenvalue weighted by molar-refractivity contribution is 0.0941. The standard InChI is InChI=1S/C11H12ClF2NO2/c1-17-6-7(12)5-15-11(16)10-8(13)3-2-4-9(10)14/h2-4,7H,5-6H2,1H3,(H,15,16). The van der Waals surface area contributed by atoms with Crippen LogP contribution in [0.1, 0.15) is 10.4 Å². The van der Waals surface area contributed by atoms with Gasteiger partial charge in [-0.05, 0) is 12.1 Å². The molecule has 1 aromatic rings. The molecule has 1 amide bonds. The van der Waals surface area contributed by atoms with Crippen molar-refractivity contribution in [3.05, 3.63) is 35.4 Å². The molecule has 0 spiro atoms. The van der Waals surface area contributed by atoms with Crippen LogP contribution < -0.4 is 5.32 Å². The second-order valence-corrected chi connectivity index (χ2v) is 3.98. The fourth-order valence-electron chi connectivity index (χ4n) is 1.25. The van der Waals surface area contributed by atoms with Gasteiger partial charge in [-0.3, -0.25) is 4.79 Å². The van der Waals surface area contributed by atoms with Crippen molar-refractivity contribution >= 4 is 17.5 Å². The van der Waals surface area contributed by atoms with Gasteiger partial charge in [0.2, 0.25) is 0 Å². The van der Waals surface area contributed by atoms with Gasteiger partial charge in [0.15, 0.2) is 0 Å². The Kier molecular flexibility index (Phi) is 5.31. The van der Waals surface area contributed by atoms with Crippen LogP contribution >= 0.6 is 11.6 Å². The first-order valence-corrected chi connectivity index (χ1v) is 5.35. The maximum absolute atomic E-state index is 13.2. The van der Waals surface area contributed by atoms with Gasteiger partial charge in [-0.2, -0.15) is 0 Å². The van der Waals surface area contributed by atoms with Crippen LogP contribution in [0.2, 0.25) is 0 Å². The number of hydrogen-bond donors (Lipinski definition) is 1. The monoisotopic (exact) mass is 263 g/mol. The molecule has 0 aliphatic rings. The highest BCUT2D eigenvalue weighted by Gasteiger charge is 2.17. The largest absolute Gasteiger partial charge is 0.383 e. The number of hydrogen-bond acceptors (Lipinski definition) is 2. The van der Waals surface area contributed by atoms with E-state index in [4.69, 9.17) is 16.3 Å². The zero-order valence-electron chi connectivity index (χ0n) is 9.17. The SMILES string of the molecule is COCC(Cl)CNC(=O)c1c(F)cccc1F. The molecule has 0 bridgehead atoms. The molecule has 0 fully saturated rings. The molecule has 1 N–H and O–H groups in total. The lowest BCUT2D eigenvalue weighted by Crippen LogP contribution is -2.32. The second-order valence-electron chi connectivity index (χ2n) is 3.36. The molecule has 6 heteroatoms. The Labute approximate surface area is 103 Å². The maximum atomic E-state index is 13.2. The number of carbonyl (C=O) groups excluding carboxylic acids is 1. The molecule has 94 valence electrons. The Bertz CT molecular complexity index is 381. The van der Waals surface area contributed by atoms with E-state index < -0.39 is 28.5 Å². The van der Waals surface area contributed by atoms with Crippen molar-refractivity contribution in [3.63, 3.8) is 0 Å². The molecule has 0 aliphatic carbocycles. The number of alkyl halides is 1. The molecule has 0 aromatic heterocycles. The smallest absolute Gasteiger partial charge is 0.257 e. The van der Waals surface area contributed by atoms with Gasteiger partial charge in [0.1, 0.15) is 17.2 Å². The van der Waals surface area contributed by atoms with Crippen molar-refractivity contribution in [1.82, 2.24) is 5.32 Å². The summed E-state index contributed by atoms with van der Waals surface area (Å²) < 4.78 is 31.2. The van der Waals surface area contributed by atoms with E-state index >= 15 is 0 Å². The summed E-state index contributed by atoms with van der Waals surface area (Å²) in [5, 5.41) is 1.89. The van der Waals surface area contributed by atoms with Gasteiger partial charge in [0.25, 0.3) is 5.91 Å². The molecule has 1 unspecified atom stereocenters. The molecule has 0 saturated heterocycles. The van der Waals surface area contributed by atoms with Crippen LogP contribution in [0.15, 0.2) is 18.2 Å². The average molecular weight is 264 g/mol. The number of nitrogens with one attached hydrogen (secondary N) is 1. The molecule has 1 rings (SSSR count). The molecule has 0 saturated carbocycles. The first kappa shape index (κ1) is 13.9. The highest BCUT2D eigenvalue weighted by atomic mass is 35.5. The lowest BCUT2D eigenvalue weighted by Gasteiger charge is -2.10. The molecular formula is C11H12ClF2NO2. The van der Waals surface area contributed by atoms with Crippen molar-refractivity contribution in [2.75, 3.05) is 20.3 Å². The fourth-order valence-corrected chi connectivity index (χ4v) is 1.45. The van der Waals surface area contributed by atoms with Crippen LogP contribution in [0.5, 0.6) is 0 Å². The van der Waals surface area contributed by atoms with Crippen LogP contribution in [0, 0.1) is 11.6 Å². The number of carbonyl (C=O) groups is 1. The van der Waals surface area contributed by atoms with E-state index in [1.165, 1.54) is 13.2 Å². The number of methoxy groups -OCH3 is 1. The minimum atomic E-state index is -0.902. The summed E-state index contributed by atoms with van der Waals surface area (Å²) in [6.07, 6.45) is 0. The van der Waals surface area contributed by atoms with E-state index in [2.05, 4.69) is 5.32 Å². The van der Waals surface area contributed by atoms with Gasteiger partial charge in [-0.15, -0.1) is 11.6 Å². The number of halogens is 3. The highest BCUT2D eigenvalue weighted by Crippen LogP contribution is 2.11. The van der Waals surface area contributed by atoms with Gasteiger partial charge in [-0.1, -0.05) is 6.07 Å². The quantitative estimate of drug-likeness (QED) is 0.825. The molecular weight excluding hydrogens is 252 g/mol. The Balaban J connectivity index is 2.64. The number of benzene rings is 1. The summed E-state index contributed by atoms with van der Waals surface area (Å²) >= 11 is 5.76. The fraction of sp³-hybridized carbons (Fsp3) is 0.364. The summed E-state index contributed by atoms with van der Waals surface area (Å²) in [6.45, 7) is 0.309. The van der Waals surface area contributed by atoms with Crippen LogP contribution in [0.25, 0.3) is 0 Å². The van der Waals surface area contributed by atoms with E-state index in [0.29, 0.717) is 0 Å². The molecule has 3 nitrogen and oxygen atoms in total. The predicted octanol–water partition coefficient (Wildman–Crippen LogP) is 1.95. The Hall–Kier alpha value is -1.20. The number of amides is 1. The van der Waals surface area contributed by atoms with Crippen molar-refractivity contribution in [2.24, 2.45) is 0 Å². The summed E-state index contributed by atoms with van der Waals surface area (Å²) in [7, 11) is 1.47. The molecule has 17 heavy (non-hydrogen) atoms. The first-order chi connectivity index (χ1) is 8.06. The first-order valence-electron chi connectivity index (χ1n) is 4.91. The molecule has 0 radical (unpaired) electrons. The van der Waals surface area contributed by atoms with Crippen LogP contribution in [0.4, 0.5) is 8.78 Å². The van der Waals surface area contributed by atoms with Crippen molar-refractivity contribution in [1.29, 1.82) is 0 Å². The Morgan fingerprint density at radius 3 is 2.59 bits per heavy atom. The second kappa shape index (κ2) is 6.51. The molecule has 1 aromatic carbocycles. The van der Waals surface area contributed by atoms with Gasteiger partial charge < -0.3 is 10.1 Å². The van der Waals surface area contributed by atoms with E-state index in [-0.39, 0.29) is 13.2 Å². The summed E-state index contributed by atoms with van der Waals surface area (Å²) in [6, 6.07) is 3.23. The zero-order valence-corrected chi connectivity index (χ0v) is 9.93. The van der Waals surface area contributed by atoms with Gasteiger partial charge in [0.05, 0.1) is 12.0 Å². The Morgan fingerprint density at radius 1 is 1.47 bits per heavy atom. The van der Waals surface area contributed by atoms with Crippen molar-refractivity contribution < 1.29 is 18.3 Å². The van der Waals surface area contributed by atoms with Crippen molar-refractivity contribution in [3.8, 4) is 0 Å². The third-order valence-corrected chi connectivity index (χ3v) is 2.30. The topological polar surface area (TPSA) is 38.3 Å². The van der Waals surface area contributed by atoms with E-state index in [1.54, 1.807) is 0 Å². The summed E-state index contributed by atoms with van der Waals surface area (Å²) in [5.74, 6) is -2.64. The van der Waals surface area contributed by atoms with Crippen LogP contribution in [-0.4, -0.2) is 31.5 Å². The highest BCUT2D eigenvalue weighted by molar-refractivity contribution is 6.21. The van der Waals surface area contributed by atoms with E-state index in [1.807, 2.05) is 0 Å². The van der Waals surface area contributed by atoms with Crippen LogP contribution in [-0.2, 0) is 4.74 Å². The number of ether oxygens (including phenoxy) is 1. The van der Waals surface area contributed by atoms with Gasteiger partial charge >= 0.3 is 0 Å². The normalized spacial score (nSPS) is 12.2. The Morgan fingerprint density at radius 2 is 2.06 bits per heavy atom. The molecule has 1 atom stereocenters. The average Bonchev–Trinajstić information content (AvgIpc) is 2.26. The third kappa shape index (κ3) is 3.94. The minimum absolute atomic E-state index is 0.0714. The predicted molar refractivity (Wildman–Crippen MR) is 60.2 cm³/mol. The zero-order chi connectivity index (χ0) is 12.8.